The van der Waals surface area contributed by atoms with E-state index < -0.39 is 0 Å². The third kappa shape index (κ3) is 3.22. The maximum absolute atomic E-state index is 11.9. The highest BCUT2D eigenvalue weighted by atomic mass is 16.6. The number of nitrogens with zero attached hydrogens (tertiary/aromatic N) is 6. The first kappa shape index (κ1) is 18.0. The number of hydrogen-bond acceptors (Lipinski definition) is 6. The van der Waals surface area contributed by atoms with Gasteiger partial charge < -0.3 is 9.47 Å². The van der Waals surface area contributed by atoms with E-state index in [1.165, 1.54) is 12.8 Å². The van der Waals surface area contributed by atoms with Crippen LogP contribution in [-0.4, -0.2) is 37.8 Å². The molecule has 0 spiro atoms. The Hall–Kier alpha value is -3.03. The average Bonchev–Trinajstić information content (AvgIpc) is 3.01. The predicted molar refractivity (Wildman–Crippen MR) is 110 cm³/mol. The maximum atomic E-state index is 11.9. The van der Waals surface area contributed by atoms with Crippen LogP contribution in [0.15, 0.2) is 30.5 Å². The molecule has 0 amide bonds. The fourth-order valence-electron chi connectivity index (χ4n) is 4.79. The minimum atomic E-state index is -0.272. The van der Waals surface area contributed by atoms with Gasteiger partial charge in [0.05, 0.1) is 15.8 Å². The molecule has 2 aromatic heterocycles. The molecule has 8 nitrogen and oxygen atoms in total. The van der Waals surface area contributed by atoms with Crippen LogP contribution in [0.2, 0.25) is 0 Å². The second-order valence-corrected chi connectivity index (χ2v) is 7.98. The van der Waals surface area contributed by atoms with Crippen molar-refractivity contribution >= 4 is 22.3 Å². The van der Waals surface area contributed by atoms with Crippen molar-refractivity contribution in [1.82, 2.24) is 19.7 Å². The van der Waals surface area contributed by atoms with E-state index in [1.54, 1.807) is 18.3 Å². The minimum Gasteiger partial charge on any atom is -0.365 e. The first-order valence-electron chi connectivity index (χ1n) is 10.4. The van der Waals surface area contributed by atoms with Crippen LogP contribution in [0.1, 0.15) is 49.7 Å². The molecule has 0 aliphatic carbocycles. The second-order valence-electron chi connectivity index (χ2n) is 7.98. The molecule has 150 valence electrons. The zero-order valence-electron chi connectivity index (χ0n) is 16.3. The fourth-order valence-corrected chi connectivity index (χ4v) is 4.79. The SMILES string of the molecule is O=[N+]([O-])c1c(N2CCCC(c3nnc4n3CCCCC4)C2)ccc2ncccc12. The lowest BCUT2D eigenvalue weighted by molar-refractivity contribution is -0.382. The summed E-state index contributed by atoms with van der Waals surface area (Å²) in [5.41, 5.74) is 1.48. The summed E-state index contributed by atoms with van der Waals surface area (Å²) >= 11 is 0. The van der Waals surface area contributed by atoms with Crippen molar-refractivity contribution in [3.8, 4) is 0 Å². The van der Waals surface area contributed by atoms with Gasteiger partial charge in [-0.05, 0) is 49.9 Å². The van der Waals surface area contributed by atoms with Crippen LogP contribution in [-0.2, 0) is 13.0 Å². The van der Waals surface area contributed by atoms with Crippen LogP contribution in [0, 0.1) is 10.1 Å². The van der Waals surface area contributed by atoms with E-state index in [1.807, 2.05) is 12.1 Å². The Bertz CT molecular complexity index is 1060. The molecular weight excluding hydrogens is 368 g/mol. The van der Waals surface area contributed by atoms with Crippen molar-refractivity contribution in [3.05, 3.63) is 52.2 Å². The molecule has 1 saturated heterocycles. The van der Waals surface area contributed by atoms with Crippen molar-refractivity contribution in [1.29, 1.82) is 0 Å². The smallest absolute Gasteiger partial charge is 0.301 e. The molecule has 8 heteroatoms. The summed E-state index contributed by atoms with van der Waals surface area (Å²) in [4.78, 5) is 18.1. The molecule has 3 aromatic rings. The standard InChI is InChI=1S/C21H24N6O2/c28-27(29)20-16-7-4-11-22-17(16)9-10-18(20)25-12-5-6-15(14-25)21-24-23-19-8-2-1-3-13-26(19)21/h4,7,9-11,15H,1-3,5-6,8,12-14H2. The van der Waals surface area contributed by atoms with Gasteiger partial charge in [0, 0.05) is 38.2 Å². The number of fused-ring (bicyclic) bond motifs is 2. The van der Waals surface area contributed by atoms with Gasteiger partial charge in [0.15, 0.2) is 0 Å². The summed E-state index contributed by atoms with van der Waals surface area (Å²) in [6.07, 6.45) is 8.25. The monoisotopic (exact) mass is 392 g/mol. The van der Waals surface area contributed by atoms with Crippen LogP contribution in [0.4, 0.5) is 11.4 Å². The number of nitro groups is 1. The molecular formula is C21H24N6O2. The summed E-state index contributed by atoms with van der Waals surface area (Å²) < 4.78 is 2.31. The molecule has 4 heterocycles. The summed E-state index contributed by atoms with van der Waals surface area (Å²) in [7, 11) is 0. The average molecular weight is 392 g/mol. The molecule has 1 aromatic carbocycles. The van der Waals surface area contributed by atoms with Crippen molar-refractivity contribution in [3.63, 3.8) is 0 Å². The number of pyridine rings is 1. The highest BCUT2D eigenvalue weighted by Gasteiger charge is 2.31. The molecule has 1 atom stereocenters. The van der Waals surface area contributed by atoms with Gasteiger partial charge in [0.2, 0.25) is 0 Å². The van der Waals surface area contributed by atoms with Gasteiger partial charge >= 0.3 is 5.69 Å². The Balaban J connectivity index is 1.50. The molecule has 2 aliphatic heterocycles. The van der Waals surface area contributed by atoms with Crippen LogP contribution in [0.5, 0.6) is 0 Å². The van der Waals surface area contributed by atoms with Crippen molar-refractivity contribution in [2.24, 2.45) is 0 Å². The predicted octanol–water partition coefficient (Wildman–Crippen LogP) is 3.84. The summed E-state index contributed by atoms with van der Waals surface area (Å²) in [5, 5.41) is 21.5. The molecule has 29 heavy (non-hydrogen) atoms. The van der Waals surface area contributed by atoms with Gasteiger partial charge in [-0.2, -0.15) is 0 Å². The number of aromatic nitrogens is 4. The van der Waals surface area contributed by atoms with Crippen LogP contribution < -0.4 is 4.90 Å². The van der Waals surface area contributed by atoms with Gasteiger partial charge in [0.25, 0.3) is 0 Å². The summed E-state index contributed by atoms with van der Waals surface area (Å²) in [5.74, 6) is 2.39. The van der Waals surface area contributed by atoms with Crippen molar-refractivity contribution < 1.29 is 4.92 Å². The molecule has 0 bridgehead atoms. The van der Waals surface area contributed by atoms with E-state index in [9.17, 15) is 10.1 Å². The van der Waals surface area contributed by atoms with E-state index >= 15 is 0 Å². The molecule has 0 N–H and O–H groups in total. The number of hydrogen-bond donors (Lipinski definition) is 0. The van der Waals surface area contributed by atoms with Gasteiger partial charge in [-0.3, -0.25) is 15.1 Å². The highest BCUT2D eigenvalue weighted by Crippen LogP contribution is 2.38. The fraction of sp³-hybridized carbons (Fsp3) is 0.476. The number of benzene rings is 1. The Morgan fingerprint density at radius 3 is 2.90 bits per heavy atom. The van der Waals surface area contributed by atoms with Crippen LogP contribution in [0.3, 0.4) is 0 Å². The maximum Gasteiger partial charge on any atom is 0.301 e. The van der Waals surface area contributed by atoms with Crippen molar-refractivity contribution in [2.45, 2.75) is 51.0 Å². The Morgan fingerprint density at radius 2 is 2.00 bits per heavy atom. The molecule has 1 unspecified atom stereocenters. The lowest BCUT2D eigenvalue weighted by Gasteiger charge is -2.34. The molecule has 2 aliphatic rings. The second kappa shape index (κ2) is 7.42. The number of anilines is 1. The van der Waals surface area contributed by atoms with E-state index in [0.29, 0.717) is 16.6 Å². The van der Waals surface area contributed by atoms with Crippen molar-refractivity contribution in [2.75, 3.05) is 18.0 Å². The lowest BCUT2D eigenvalue weighted by Crippen LogP contribution is -2.36. The highest BCUT2D eigenvalue weighted by molar-refractivity contribution is 5.94. The summed E-state index contributed by atoms with van der Waals surface area (Å²) in [6, 6.07) is 7.26. The largest absolute Gasteiger partial charge is 0.365 e. The Kier molecular flexibility index (Phi) is 4.61. The van der Waals surface area contributed by atoms with E-state index in [-0.39, 0.29) is 16.5 Å². The summed E-state index contributed by atoms with van der Waals surface area (Å²) in [6.45, 7) is 2.52. The van der Waals surface area contributed by atoms with E-state index in [2.05, 4.69) is 24.6 Å². The Morgan fingerprint density at radius 1 is 1.07 bits per heavy atom. The first-order chi connectivity index (χ1) is 14.2. The third-order valence-electron chi connectivity index (χ3n) is 6.18. The molecule has 0 saturated carbocycles. The Labute approximate surface area is 168 Å². The molecule has 1 fully saturated rings. The first-order valence-corrected chi connectivity index (χ1v) is 10.4. The third-order valence-corrected chi connectivity index (χ3v) is 6.18. The van der Waals surface area contributed by atoms with Crippen LogP contribution in [0.25, 0.3) is 10.9 Å². The number of aryl methyl sites for hydroxylation is 1. The molecule has 0 radical (unpaired) electrons. The van der Waals surface area contributed by atoms with Gasteiger partial charge in [-0.25, -0.2) is 0 Å². The lowest BCUT2D eigenvalue weighted by atomic mass is 9.96. The topological polar surface area (TPSA) is 90.0 Å². The number of nitro benzene ring substituents is 1. The number of rotatable bonds is 3. The normalized spacial score (nSPS) is 19.7. The van der Waals surface area contributed by atoms with E-state index in [0.717, 1.165) is 57.0 Å². The van der Waals surface area contributed by atoms with Gasteiger partial charge in [0.1, 0.15) is 17.3 Å². The van der Waals surface area contributed by atoms with E-state index in [4.69, 9.17) is 0 Å². The minimum absolute atomic E-state index is 0.149. The van der Waals surface area contributed by atoms with Crippen LogP contribution >= 0.6 is 0 Å². The molecule has 5 rings (SSSR count). The number of piperidine rings is 1. The zero-order chi connectivity index (χ0) is 19.8. The van der Waals surface area contributed by atoms with Gasteiger partial charge in [-0.1, -0.05) is 6.42 Å². The quantitative estimate of drug-likeness (QED) is 0.497. The zero-order valence-corrected chi connectivity index (χ0v) is 16.3. The van der Waals surface area contributed by atoms with Gasteiger partial charge in [-0.15, -0.1) is 10.2 Å².